The van der Waals surface area contributed by atoms with Gasteiger partial charge in [0.1, 0.15) is 0 Å². The van der Waals surface area contributed by atoms with Crippen molar-refractivity contribution in [3.8, 4) is 0 Å². The van der Waals surface area contributed by atoms with Crippen molar-refractivity contribution in [3.05, 3.63) is 30.0 Å². The fourth-order valence-electron chi connectivity index (χ4n) is 1.72. The van der Waals surface area contributed by atoms with E-state index in [2.05, 4.69) is 5.10 Å². The molecule has 0 fully saturated rings. The number of halogens is 1. The summed E-state index contributed by atoms with van der Waals surface area (Å²) in [7, 11) is -2.70. The van der Waals surface area contributed by atoms with Crippen LogP contribution in [0.25, 0.3) is 10.9 Å². The van der Waals surface area contributed by atoms with Crippen LogP contribution in [0.15, 0.2) is 24.3 Å². The average Bonchev–Trinajstić information content (AvgIpc) is 2.49. The fraction of sp³-hybridized carbons (Fsp3) is 0.300. The van der Waals surface area contributed by atoms with Crippen LogP contribution >= 0.6 is 0 Å². The second-order valence-electron chi connectivity index (χ2n) is 3.58. The summed E-state index contributed by atoms with van der Waals surface area (Å²) in [6.45, 7) is 0. The molecule has 0 atom stereocenters. The highest BCUT2D eigenvalue weighted by molar-refractivity contribution is 7.86. The van der Waals surface area contributed by atoms with E-state index in [-0.39, 0.29) is 6.42 Å². The maximum Gasteiger partial charge on any atom is 0.302 e. The van der Waals surface area contributed by atoms with Gasteiger partial charge in [-0.1, -0.05) is 18.2 Å². The third kappa shape index (κ3) is 2.21. The van der Waals surface area contributed by atoms with Crippen LogP contribution in [0.2, 0.25) is 0 Å². The van der Waals surface area contributed by atoms with Crippen LogP contribution in [0.4, 0.5) is 3.89 Å². The first-order chi connectivity index (χ1) is 7.47. The Morgan fingerprint density at radius 2 is 2.06 bits per heavy atom. The van der Waals surface area contributed by atoms with E-state index < -0.39 is 16.0 Å². The van der Waals surface area contributed by atoms with Crippen molar-refractivity contribution in [2.45, 2.75) is 6.42 Å². The monoisotopic (exact) mass is 242 g/mol. The SMILES string of the molecule is Cn1nc2ccccc2c1CCS(=O)(=O)F. The number of aromatic nitrogens is 2. The lowest BCUT2D eigenvalue weighted by Gasteiger charge is -1.99. The Balaban J connectivity index is 2.40. The fourth-order valence-corrected chi connectivity index (χ4v) is 2.15. The molecule has 0 amide bonds. The standard InChI is InChI=1S/C10H11FN2O2S/c1-13-10(6-7-16(11,14)15)8-4-2-3-5-9(8)12-13/h2-5H,6-7H2,1H3. The summed E-state index contributed by atoms with van der Waals surface area (Å²) in [5, 5.41) is 5.08. The molecule has 86 valence electrons. The summed E-state index contributed by atoms with van der Waals surface area (Å²) in [5.74, 6) is -0.503. The predicted molar refractivity (Wildman–Crippen MR) is 59.3 cm³/mol. The number of fused-ring (bicyclic) bond motifs is 1. The number of hydrogen-bond acceptors (Lipinski definition) is 3. The Labute approximate surface area is 92.9 Å². The van der Waals surface area contributed by atoms with Gasteiger partial charge in [-0.05, 0) is 6.07 Å². The second kappa shape index (κ2) is 3.86. The molecule has 1 aromatic carbocycles. The minimum atomic E-state index is -4.43. The van der Waals surface area contributed by atoms with E-state index in [1.165, 1.54) is 0 Å². The van der Waals surface area contributed by atoms with E-state index in [4.69, 9.17) is 0 Å². The highest BCUT2D eigenvalue weighted by Crippen LogP contribution is 2.18. The molecule has 0 aliphatic rings. The van der Waals surface area contributed by atoms with Crippen LogP contribution in [0.5, 0.6) is 0 Å². The molecule has 0 bridgehead atoms. The van der Waals surface area contributed by atoms with Crippen molar-refractivity contribution < 1.29 is 12.3 Å². The molecule has 0 N–H and O–H groups in total. The maximum atomic E-state index is 12.5. The van der Waals surface area contributed by atoms with Crippen LogP contribution in [0.1, 0.15) is 5.69 Å². The molecular weight excluding hydrogens is 231 g/mol. The zero-order chi connectivity index (χ0) is 11.8. The van der Waals surface area contributed by atoms with Crippen molar-refractivity contribution in [2.75, 3.05) is 5.75 Å². The minimum Gasteiger partial charge on any atom is -0.271 e. The summed E-state index contributed by atoms with van der Waals surface area (Å²) in [6, 6.07) is 7.38. The lowest BCUT2D eigenvalue weighted by molar-refractivity contribution is 0.550. The molecule has 4 nitrogen and oxygen atoms in total. The first kappa shape index (κ1) is 11.1. The molecule has 2 rings (SSSR count). The van der Waals surface area contributed by atoms with Crippen molar-refractivity contribution >= 4 is 21.1 Å². The number of hydrogen-bond donors (Lipinski definition) is 0. The molecule has 0 unspecified atom stereocenters. The van der Waals surface area contributed by atoms with Crippen LogP contribution < -0.4 is 0 Å². The Bertz CT molecular complexity index is 619. The normalized spacial score (nSPS) is 12.1. The van der Waals surface area contributed by atoms with Crippen molar-refractivity contribution in [3.63, 3.8) is 0 Å². The quantitative estimate of drug-likeness (QED) is 0.765. The summed E-state index contributed by atoms with van der Waals surface area (Å²) in [5.41, 5.74) is 1.52. The van der Waals surface area contributed by atoms with E-state index in [0.29, 0.717) is 0 Å². The topological polar surface area (TPSA) is 52.0 Å². The van der Waals surface area contributed by atoms with E-state index in [9.17, 15) is 12.3 Å². The molecule has 16 heavy (non-hydrogen) atoms. The van der Waals surface area contributed by atoms with E-state index in [1.807, 2.05) is 24.3 Å². The Kier molecular flexibility index (Phi) is 2.67. The summed E-state index contributed by atoms with van der Waals surface area (Å²) in [4.78, 5) is 0. The van der Waals surface area contributed by atoms with E-state index in [1.54, 1.807) is 11.7 Å². The van der Waals surface area contributed by atoms with Crippen LogP contribution in [-0.2, 0) is 23.7 Å². The van der Waals surface area contributed by atoms with Gasteiger partial charge >= 0.3 is 10.2 Å². The number of aryl methyl sites for hydroxylation is 2. The van der Waals surface area contributed by atoms with Gasteiger partial charge in [-0.2, -0.15) is 13.5 Å². The highest BCUT2D eigenvalue weighted by atomic mass is 32.3. The second-order valence-corrected chi connectivity index (χ2v) is 5.07. The number of benzene rings is 1. The average molecular weight is 242 g/mol. The molecule has 0 saturated carbocycles. The molecule has 1 heterocycles. The Morgan fingerprint density at radius 3 is 2.75 bits per heavy atom. The van der Waals surface area contributed by atoms with Gasteiger partial charge in [0.2, 0.25) is 0 Å². The molecule has 1 aromatic heterocycles. The van der Waals surface area contributed by atoms with E-state index >= 15 is 0 Å². The lowest BCUT2D eigenvalue weighted by Crippen LogP contribution is -2.06. The first-order valence-electron chi connectivity index (χ1n) is 4.80. The van der Waals surface area contributed by atoms with Gasteiger partial charge in [-0.3, -0.25) is 4.68 Å². The molecule has 0 aliphatic carbocycles. The van der Waals surface area contributed by atoms with Gasteiger partial charge in [0.25, 0.3) is 0 Å². The molecule has 0 spiro atoms. The summed E-state index contributed by atoms with van der Waals surface area (Å²) in [6.07, 6.45) is 0.135. The van der Waals surface area contributed by atoms with Crippen molar-refractivity contribution in [1.82, 2.24) is 9.78 Å². The van der Waals surface area contributed by atoms with Gasteiger partial charge < -0.3 is 0 Å². The van der Waals surface area contributed by atoms with E-state index in [0.717, 1.165) is 16.6 Å². The first-order valence-corrected chi connectivity index (χ1v) is 6.35. The van der Waals surface area contributed by atoms with Gasteiger partial charge in [-0.25, -0.2) is 0 Å². The molecule has 2 aromatic rings. The van der Waals surface area contributed by atoms with Gasteiger partial charge in [0, 0.05) is 24.5 Å². The Hall–Kier alpha value is -1.43. The molecule has 0 radical (unpaired) electrons. The molecule has 0 aliphatic heterocycles. The zero-order valence-corrected chi connectivity index (χ0v) is 9.54. The zero-order valence-electron chi connectivity index (χ0n) is 8.72. The molecule has 0 saturated heterocycles. The molecule has 6 heteroatoms. The minimum absolute atomic E-state index is 0.135. The maximum absolute atomic E-state index is 12.5. The Morgan fingerprint density at radius 1 is 1.38 bits per heavy atom. The van der Waals surface area contributed by atoms with Crippen LogP contribution in [-0.4, -0.2) is 24.0 Å². The third-order valence-corrected chi connectivity index (χ3v) is 3.14. The smallest absolute Gasteiger partial charge is 0.271 e. The molecular formula is C10H11FN2O2S. The largest absolute Gasteiger partial charge is 0.302 e. The van der Waals surface area contributed by atoms with Gasteiger partial charge in [0.05, 0.1) is 11.3 Å². The lowest BCUT2D eigenvalue weighted by atomic mass is 10.2. The van der Waals surface area contributed by atoms with Gasteiger partial charge in [-0.15, -0.1) is 3.89 Å². The van der Waals surface area contributed by atoms with Crippen LogP contribution in [0, 0.1) is 0 Å². The summed E-state index contributed by atoms with van der Waals surface area (Å²) >= 11 is 0. The predicted octanol–water partition coefficient (Wildman–Crippen LogP) is 1.42. The van der Waals surface area contributed by atoms with Crippen LogP contribution in [0.3, 0.4) is 0 Å². The van der Waals surface area contributed by atoms with Crippen molar-refractivity contribution in [2.24, 2.45) is 7.05 Å². The number of nitrogens with zero attached hydrogens (tertiary/aromatic N) is 2. The van der Waals surface area contributed by atoms with Gasteiger partial charge in [0.15, 0.2) is 0 Å². The van der Waals surface area contributed by atoms with Crippen molar-refractivity contribution in [1.29, 1.82) is 0 Å². The summed E-state index contributed by atoms with van der Waals surface area (Å²) < 4.78 is 35.0. The number of rotatable bonds is 3. The highest BCUT2D eigenvalue weighted by Gasteiger charge is 2.13. The third-order valence-electron chi connectivity index (χ3n) is 2.45.